The molecule has 0 bridgehead atoms. The van der Waals surface area contributed by atoms with E-state index >= 15 is 0 Å². The molecular formula is C25H44N5O4+. The summed E-state index contributed by atoms with van der Waals surface area (Å²) in [4.78, 5) is 30.2. The molecular weight excluding hydrogens is 434 g/mol. The molecule has 192 valence electrons. The van der Waals surface area contributed by atoms with Gasteiger partial charge in [-0.15, -0.1) is 0 Å². The topological polar surface area (TPSA) is 110 Å². The molecule has 9 heteroatoms. The Hall–Kier alpha value is -1.26. The van der Waals surface area contributed by atoms with E-state index in [1.54, 1.807) is 7.11 Å². The molecule has 7 atom stereocenters. The molecule has 34 heavy (non-hydrogen) atoms. The van der Waals surface area contributed by atoms with Gasteiger partial charge >= 0.3 is 0 Å². The maximum atomic E-state index is 13.6. The first kappa shape index (κ1) is 24.4. The molecule has 0 spiro atoms. The minimum absolute atomic E-state index is 0.00999. The van der Waals surface area contributed by atoms with Crippen molar-refractivity contribution in [3.8, 4) is 0 Å². The second-order valence-corrected chi connectivity index (χ2v) is 11.2. The highest BCUT2D eigenvalue weighted by atomic mass is 16.5. The van der Waals surface area contributed by atoms with Crippen molar-refractivity contribution in [2.75, 3.05) is 33.4 Å². The number of nitrogens with zero attached hydrogens (tertiary/aromatic N) is 1. The predicted molar refractivity (Wildman–Crippen MR) is 126 cm³/mol. The molecule has 9 nitrogen and oxygen atoms in total. The molecule has 5 fully saturated rings. The van der Waals surface area contributed by atoms with E-state index in [-0.39, 0.29) is 48.3 Å². The lowest BCUT2D eigenvalue weighted by molar-refractivity contribution is -0.968. The number of methoxy groups -OCH3 is 1. The molecule has 5 N–H and O–H groups in total. The highest BCUT2D eigenvalue weighted by Gasteiger charge is 2.55. The van der Waals surface area contributed by atoms with E-state index in [9.17, 15) is 9.59 Å². The molecule has 0 aromatic rings. The van der Waals surface area contributed by atoms with Crippen molar-refractivity contribution in [1.29, 1.82) is 0 Å². The van der Waals surface area contributed by atoms with Gasteiger partial charge in [0, 0.05) is 32.7 Å². The number of nitrogens with two attached hydrogens (primary N) is 1. The number of amides is 2. The van der Waals surface area contributed by atoms with Crippen LogP contribution in [0.4, 0.5) is 0 Å². The number of carbonyl (C=O) groups is 2. The van der Waals surface area contributed by atoms with Crippen LogP contribution in [0.15, 0.2) is 0 Å². The zero-order valence-corrected chi connectivity index (χ0v) is 20.7. The molecule has 1 aliphatic carbocycles. The van der Waals surface area contributed by atoms with Gasteiger partial charge in [0.05, 0.1) is 24.9 Å². The molecule has 4 aliphatic heterocycles. The Balaban J connectivity index is 1.31. The highest BCUT2D eigenvalue weighted by molar-refractivity contribution is 5.83. The van der Waals surface area contributed by atoms with Crippen LogP contribution in [0.1, 0.15) is 64.2 Å². The molecule has 6 unspecified atom stereocenters. The number of likely N-dealkylation sites (tertiary alicyclic amines) is 1. The molecule has 2 amide bonds. The number of nitrogens with one attached hydrogen (secondary N) is 3. The first-order valence-electron chi connectivity index (χ1n) is 13.6. The lowest BCUT2D eigenvalue weighted by Crippen LogP contribution is -3.26. The number of hydrogen-bond donors (Lipinski definition) is 4. The summed E-state index contributed by atoms with van der Waals surface area (Å²) in [5, 5.41) is 6.94. The van der Waals surface area contributed by atoms with Crippen LogP contribution in [0.3, 0.4) is 0 Å². The van der Waals surface area contributed by atoms with Gasteiger partial charge in [0.1, 0.15) is 11.8 Å². The van der Waals surface area contributed by atoms with Crippen molar-refractivity contribution in [3.63, 3.8) is 0 Å². The predicted octanol–water partition coefficient (Wildman–Crippen LogP) is -0.439. The summed E-state index contributed by atoms with van der Waals surface area (Å²) in [6.45, 7) is 3.03. The standard InChI is InChI=1S/C25H43N5O4/c1-33-17-9-7-16(8-10-17)15-30-22(26)19(24(31)27-14-18-5-4-12-34-18)13-20-23(30)28-21-6-2-3-11-29(21)25(20)32/h16-23,28H,2-15,26H2,1H3,(H,27,31)/p+1/t16?,17?,18-,19?,20?,21?,22?,23?/m0/s1. The van der Waals surface area contributed by atoms with Gasteiger partial charge < -0.3 is 24.6 Å². The third kappa shape index (κ3) is 5.00. The summed E-state index contributed by atoms with van der Waals surface area (Å²) >= 11 is 0. The van der Waals surface area contributed by atoms with Crippen LogP contribution in [0.5, 0.6) is 0 Å². The van der Waals surface area contributed by atoms with Crippen LogP contribution in [-0.2, 0) is 19.1 Å². The summed E-state index contributed by atoms with van der Waals surface area (Å²) in [7, 11) is 1.80. The maximum Gasteiger partial charge on any atom is 0.234 e. The minimum Gasteiger partial charge on any atom is -0.381 e. The van der Waals surface area contributed by atoms with Gasteiger partial charge in [0.25, 0.3) is 0 Å². The van der Waals surface area contributed by atoms with Crippen molar-refractivity contribution >= 4 is 11.8 Å². The first-order valence-corrected chi connectivity index (χ1v) is 13.6. The quantitative estimate of drug-likeness (QED) is 0.412. The van der Waals surface area contributed by atoms with E-state index in [1.807, 2.05) is 4.90 Å². The molecule has 1 saturated carbocycles. The fraction of sp³-hybridized carbons (Fsp3) is 0.920. The zero-order chi connectivity index (χ0) is 23.7. The normalized spacial score (nSPS) is 42.7. The van der Waals surface area contributed by atoms with Gasteiger partial charge in [-0.25, -0.2) is 5.32 Å². The van der Waals surface area contributed by atoms with Crippen LogP contribution >= 0.6 is 0 Å². The summed E-state index contributed by atoms with van der Waals surface area (Å²) in [5.74, 6) is 0.189. The van der Waals surface area contributed by atoms with E-state index in [0.717, 1.165) is 77.5 Å². The lowest BCUT2D eigenvalue weighted by atomic mass is 9.79. The van der Waals surface area contributed by atoms with Crippen molar-refractivity contribution in [2.24, 2.45) is 23.5 Å². The highest BCUT2D eigenvalue weighted by Crippen LogP contribution is 2.31. The Kier molecular flexibility index (Phi) is 7.75. The number of rotatable bonds is 6. The largest absolute Gasteiger partial charge is 0.381 e. The van der Waals surface area contributed by atoms with Crippen molar-refractivity contribution in [1.82, 2.24) is 15.5 Å². The van der Waals surface area contributed by atoms with Crippen LogP contribution in [0, 0.1) is 17.8 Å². The zero-order valence-electron chi connectivity index (χ0n) is 20.7. The monoisotopic (exact) mass is 478 g/mol. The fourth-order valence-electron chi connectivity index (χ4n) is 7.12. The van der Waals surface area contributed by atoms with Crippen LogP contribution in [0.2, 0.25) is 0 Å². The molecule has 5 aliphatic rings. The number of hydrogen-bond acceptors (Lipinski definition) is 6. The van der Waals surface area contributed by atoms with Gasteiger partial charge in [-0.05, 0) is 64.2 Å². The fourth-order valence-corrected chi connectivity index (χ4v) is 7.12. The van der Waals surface area contributed by atoms with Crippen LogP contribution < -0.4 is 21.3 Å². The van der Waals surface area contributed by atoms with Crippen LogP contribution in [0.25, 0.3) is 0 Å². The van der Waals surface area contributed by atoms with Gasteiger partial charge in [-0.3, -0.25) is 15.3 Å². The second kappa shape index (κ2) is 10.8. The molecule has 0 radical (unpaired) electrons. The first-order chi connectivity index (χ1) is 16.5. The molecule has 0 aromatic heterocycles. The maximum absolute atomic E-state index is 13.6. The Morgan fingerprint density at radius 1 is 1.21 bits per heavy atom. The number of fused-ring (bicyclic) bond motifs is 2. The number of carbonyl (C=O) groups excluding carboxylic acids is 2. The van der Waals surface area contributed by atoms with Gasteiger partial charge in [0.15, 0.2) is 12.3 Å². The van der Waals surface area contributed by atoms with Crippen molar-refractivity contribution < 1.29 is 24.0 Å². The Bertz CT molecular complexity index is 724. The van der Waals surface area contributed by atoms with Gasteiger partial charge in [-0.1, -0.05) is 0 Å². The summed E-state index contributed by atoms with van der Waals surface area (Å²) < 4.78 is 11.3. The number of piperidine rings is 2. The average molecular weight is 479 g/mol. The molecule has 4 saturated heterocycles. The van der Waals surface area contributed by atoms with E-state index < -0.39 is 0 Å². The third-order valence-electron chi connectivity index (χ3n) is 9.16. The average Bonchev–Trinajstić information content (AvgIpc) is 3.39. The summed E-state index contributed by atoms with van der Waals surface area (Å²) in [5.41, 5.74) is 6.88. The molecule has 4 heterocycles. The minimum atomic E-state index is -0.361. The third-order valence-corrected chi connectivity index (χ3v) is 9.16. The lowest BCUT2D eigenvalue weighted by Gasteiger charge is -2.53. The van der Waals surface area contributed by atoms with Gasteiger partial charge in [-0.2, -0.15) is 0 Å². The number of quaternary nitrogens is 1. The van der Waals surface area contributed by atoms with Crippen molar-refractivity contribution in [2.45, 2.75) is 94.9 Å². The molecule has 5 rings (SSSR count). The summed E-state index contributed by atoms with van der Waals surface area (Å²) in [6.07, 6.45) is 10.4. The second-order valence-electron chi connectivity index (χ2n) is 11.2. The summed E-state index contributed by atoms with van der Waals surface area (Å²) in [6, 6.07) is 0. The smallest absolute Gasteiger partial charge is 0.234 e. The Morgan fingerprint density at radius 2 is 2.03 bits per heavy atom. The SMILES string of the molecule is COC1CCC(C[NH+]2C(N)C(C(=O)NC[C@@H]3CCCO3)CC3C(=O)N4CCCCC4NC32)CC1. The van der Waals surface area contributed by atoms with E-state index in [4.69, 9.17) is 15.2 Å². The number of ether oxygens (including phenoxy) is 2. The van der Waals surface area contributed by atoms with Crippen molar-refractivity contribution in [3.05, 3.63) is 0 Å². The van der Waals surface area contributed by atoms with E-state index in [1.165, 1.54) is 4.90 Å². The Morgan fingerprint density at radius 3 is 2.76 bits per heavy atom. The van der Waals surface area contributed by atoms with E-state index in [2.05, 4.69) is 10.6 Å². The van der Waals surface area contributed by atoms with E-state index in [0.29, 0.717) is 25.0 Å². The van der Waals surface area contributed by atoms with Crippen LogP contribution in [-0.4, -0.2) is 80.8 Å². The van der Waals surface area contributed by atoms with Gasteiger partial charge in [0.2, 0.25) is 11.8 Å². The Labute approximate surface area is 203 Å². The molecule has 0 aromatic carbocycles.